The van der Waals surface area contributed by atoms with Gasteiger partial charge < -0.3 is 21.3 Å². The zero-order valence-electron chi connectivity index (χ0n) is 33.1. The van der Waals surface area contributed by atoms with Crippen LogP contribution in [0.1, 0.15) is 51.9 Å². The zero-order chi connectivity index (χ0) is 42.6. The molecule has 3 aromatic heterocycles. The number of piperazine rings is 1. The van der Waals surface area contributed by atoms with Gasteiger partial charge in [-0.15, -0.1) is 0 Å². The number of nitrogen functional groups attached to an aromatic ring is 1. The molecule has 1 fully saturated rings. The van der Waals surface area contributed by atoms with E-state index in [9.17, 15) is 26.4 Å². The number of anilines is 6. The normalized spacial score (nSPS) is 14.8. The number of benzene rings is 3. The van der Waals surface area contributed by atoms with Crippen molar-refractivity contribution in [3.05, 3.63) is 77.7 Å². The summed E-state index contributed by atoms with van der Waals surface area (Å²) in [5, 5.41) is 6.47. The Bertz CT molecular complexity index is 2670. The molecule has 1 unspecified atom stereocenters. The van der Waals surface area contributed by atoms with Crippen molar-refractivity contribution in [3.63, 3.8) is 0 Å². The number of thiazole rings is 2. The lowest BCUT2D eigenvalue weighted by Gasteiger charge is -2.39. The van der Waals surface area contributed by atoms with E-state index < -0.39 is 33.8 Å². The highest BCUT2D eigenvalue weighted by molar-refractivity contribution is 7.92. The lowest BCUT2D eigenvalue weighted by Crippen LogP contribution is -2.48. The van der Waals surface area contributed by atoms with Gasteiger partial charge in [0.2, 0.25) is 15.9 Å². The van der Waals surface area contributed by atoms with Crippen LogP contribution in [0.25, 0.3) is 31.6 Å². The minimum atomic E-state index is -4.77. The average molecular weight is 870 g/mol. The number of alkyl halides is 3. The van der Waals surface area contributed by atoms with Crippen molar-refractivity contribution < 1.29 is 30.8 Å². The minimum absolute atomic E-state index is 0.0836. The summed E-state index contributed by atoms with van der Waals surface area (Å²) in [5.74, 6) is -1.29. The van der Waals surface area contributed by atoms with Gasteiger partial charge in [0.05, 0.1) is 38.8 Å². The number of nitrogens with zero attached hydrogens (tertiary/aromatic N) is 6. The van der Waals surface area contributed by atoms with Gasteiger partial charge in [-0.2, -0.15) is 13.2 Å². The first-order chi connectivity index (χ1) is 27.7. The number of hydrogen-bond donors (Lipinski definition) is 3. The van der Waals surface area contributed by atoms with Crippen LogP contribution in [-0.2, 0) is 21.0 Å². The molecule has 1 saturated heterocycles. The number of carbonyl (C=O) groups excluding carboxylic acids is 1. The lowest BCUT2D eigenvalue weighted by molar-refractivity contribution is -0.141. The second-order valence-corrected chi connectivity index (χ2v) is 19.6. The van der Waals surface area contributed by atoms with E-state index in [1.165, 1.54) is 42.5 Å². The first-order valence-corrected chi connectivity index (χ1v) is 22.1. The van der Waals surface area contributed by atoms with Crippen LogP contribution >= 0.6 is 22.7 Å². The number of aromatic nitrogens is 3. The first kappa shape index (κ1) is 42.0. The maximum Gasteiger partial charge on any atom is 0.433 e. The highest BCUT2D eigenvalue weighted by atomic mass is 32.2. The smallest absolute Gasteiger partial charge is 0.375 e. The molecular weight excluding hydrogens is 827 g/mol. The SMILES string of the molecule is CC(=O)Nc1nc2c(N3CCN(CC(C)(C)C)CC3)c(-c3ccc(C(F)(F)F)nc3NC(C)c3ccc(N(c4cccc5sc(N)nc45)S(C)(=O)=O)c(F)c3)ccc2s1. The molecule has 12 nitrogen and oxygen atoms in total. The molecule has 0 saturated carbocycles. The summed E-state index contributed by atoms with van der Waals surface area (Å²) in [6.45, 7) is 13.2. The molecule has 4 N–H and O–H groups in total. The fourth-order valence-electron chi connectivity index (χ4n) is 7.31. The van der Waals surface area contributed by atoms with Crippen molar-refractivity contribution in [1.29, 1.82) is 0 Å². The Hall–Kier alpha value is -5.11. The van der Waals surface area contributed by atoms with Crippen molar-refractivity contribution in [2.24, 2.45) is 5.41 Å². The van der Waals surface area contributed by atoms with Crippen molar-refractivity contribution in [3.8, 4) is 11.1 Å². The van der Waals surface area contributed by atoms with Gasteiger partial charge >= 0.3 is 6.18 Å². The van der Waals surface area contributed by atoms with Crippen LogP contribution in [0.4, 0.5) is 50.7 Å². The third kappa shape index (κ3) is 9.07. The zero-order valence-corrected chi connectivity index (χ0v) is 35.6. The minimum Gasteiger partial charge on any atom is -0.375 e. The molecule has 59 heavy (non-hydrogen) atoms. The number of fused-ring (bicyclic) bond motifs is 2. The third-order valence-electron chi connectivity index (χ3n) is 9.69. The first-order valence-electron chi connectivity index (χ1n) is 18.6. The van der Waals surface area contributed by atoms with E-state index in [-0.39, 0.29) is 39.2 Å². The summed E-state index contributed by atoms with van der Waals surface area (Å²) in [4.78, 5) is 29.7. The van der Waals surface area contributed by atoms with E-state index in [1.54, 1.807) is 19.1 Å². The molecule has 0 bridgehead atoms. The van der Waals surface area contributed by atoms with Crippen molar-refractivity contribution >= 4 is 92.2 Å². The average Bonchev–Trinajstić information content (AvgIpc) is 3.73. The van der Waals surface area contributed by atoms with E-state index in [0.717, 1.165) is 58.4 Å². The fourth-order valence-corrected chi connectivity index (χ4v) is 9.99. The van der Waals surface area contributed by atoms with Gasteiger partial charge in [0.15, 0.2) is 10.3 Å². The van der Waals surface area contributed by atoms with Crippen LogP contribution in [0, 0.1) is 11.2 Å². The highest BCUT2D eigenvalue weighted by Crippen LogP contribution is 2.45. The van der Waals surface area contributed by atoms with Crippen LogP contribution in [-0.4, -0.2) is 73.2 Å². The molecule has 6 aromatic rings. The molecule has 1 aliphatic heterocycles. The van der Waals surface area contributed by atoms with E-state index in [4.69, 9.17) is 10.7 Å². The molecule has 1 aliphatic rings. The largest absolute Gasteiger partial charge is 0.433 e. The number of hydrogen-bond acceptors (Lipinski definition) is 12. The van der Waals surface area contributed by atoms with Crippen molar-refractivity contribution in [2.75, 3.05) is 64.6 Å². The molecule has 1 atom stereocenters. The summed E-state index contributed by atoms with van der Waals surface area (Å²) in [5.41, 5.74) is 7.51. The van der Waals surface area contributed by atoms with Crippen LogP contribution in [0.5, 0.6) is 0 Å². The monoisotopic (exact) mass is 869 g/mol. The maximum atomic E-state index is 16.2. The number of carbonyl (C=O) groups is 1. The molecule has 3 aromatic carbocycles. The molecule has 0 aliphatic carbocycles. The Morgan fingerprint density at radius 3 is 2.25 bits per heavy atom. The second-order valence-electron chi connectivity index (χ2n) is 15.7. The van der Waals surface area contributed by atoms with Crippen LogP contribution in [0.3, 0.4) is 0 Å². The molecule has 0 radical (unpaired) electrons. The highest BCUT2D eigenvalue weighted by Gasteiger charge is 2.35. The predicted molar refractivity (Wildman–Crippen MR) is 230 cm³/mol. The molecular formula is C40H43F4N9O3S3. The van der Waals surface area contributed by atoms with Gasteiger partial charge in [-0.1, -0.05) is 61.6 Å². The number of pyridine rings is 1. The summed E-state index contributed by atoms with van der Waals surface area (Å²) in [7, 11) is -4.10. The van der Waals surface area contributed by atoms with E-state index in [1.807, 2.05) is 12.1 Å². The van der Waals surface area contributed by atoms with Gasteiger partial charge in [0.25, 0.3) is 0 Å². The lowest BCUT2D eigenvalue weighted by atomic mass is 9.95. The van der Waals surface area contributed by atoms with E-state index in [2.05, 4.69) is 51.2 Å². The third-order valence-corrected chi connectivity index (χ3v) is 12.5. The van der Waals surface area contributed by atoms with Crippen molar-refractivity contribution in [2.45, 2.75) is 46.8 Å². The topological polar surface area (TPSA) is 150 Å². The summed E-state index contributed by atoms with van der Waals surface area (Å²) in [6, 6.07) is 13.9. The number of nitrogens with two attached hydrogens (primary N) is 1. The van der Waals surface area contributed by atoms with Gasteiger partial charge in [-0.3, -0.25) is 9.69 Å². The molecule has 7 rings (SSSR count). The van der Waals surface area contributed by atoms with E-state index >= 15 is 4.39 Å². The predicted octanol–water partition coefficient (Wildman–Crippen LogP) is 9.11. The Balaban J connectivity index is 1.29. The molecule has 312 valence electrons. The molecule has 19 heteroatoms. The number of rotatable bonds is 10. The Labute approximate surface area is 347 Å². The number of sulfonamides is 1. The Kier molecular flexibility index (Phi) is 11.3. The summed E-state index contributed by atoms with van der Waals surface area (Å²) >= 11 is 2.46. The summed E-state index contributed by atoms with van der Waals surface area (Å²) in [6.07, 6.45) is -3.83. The quantitative estimate of drug-likeness (QED) is 0.114. The van der Waals surface area contributed by atoms with Crippen LogP contribution < -0.4 is 25.6 Å². The van der Waals surface area contributed by atoms with Crippen molar-refractivity contribution in [1.82, 2.24) is 19.9 Å². The van der Waals surface area contributed by atoms with Crippen LogP contribution in [0.15, 0.2) is 60.7 Å². The number of amides is 1. The van der Waals surface area contributed by atoms with Crippen LogP contribution in [0.2, 0.25) is 0 Å². The number of nitrogens with one attached hydrogen (secondary N) is 2. The van der Waals surface area contributed by atoms with E-state index in [0.29, 0.717) is 50.8 Å². The standard InChI is InChI=1S/C40H43F4N9O3S3/c1-22(24-10-13-28(27(41)20-24)53(59(6,55)56)29-8-7-9-30-33(29)49-37(45)57-30)46-36-26(12-15-32(48-36)40(42,43)44)25-11-14-31-34(50-38(58-31)47-23(2)54)35(25)52-18-16-51(17-19-52)21-39(3,4)5/h7-15,20,22H,16-19,21H2,1-6H3,(H2,45,49)(H,46,48)(H,47,50,54). The summed E-state index contributed by atoms with van der Waals surface area (Å²) < 4.78 is 87.6. The van der Waals surface area contributed by atoms with Gasteiger partial charge in [0.1, 0.15) is 28.4 Å². The van der Waals surface area contributed by atoms with Gasteiger partial charge in [-0.25, -0.2) is 32.1 Å². The maximum absolute atomic E-state index is 16.2. The Morgan fingerprint density at radius 1 is 0.915 bits per heavy atom. The van der Waals surface area contributed by atoms with Gasteiger partial charge in [0, 0.05) is 50.8 Å². The molecule has 4 heterocycles. The van der Waals surface area contributed by atoms with Gasteiger partial charge in [-0.05, 0) is 60.4 Å². The fraction of sp³-hybridized carbons (Fsp3) is 0.350. The molecule has 1 amide bonds. The Morgan fingerprint density at radius 2 is 1.61 bits per heavy atom. The number of halogens is 4. The number of para-hydroxylation sites is 1. The second kappa shape index (κ2) is 15.8. The molecule has 0 spiro atoms.